The van der Waals surface area contributed by atoms with E-state index >= 15 is 0 Å². The van der Waals surface area contributed by atoms with Crippen LogP contribution in [0.5, 0.6) is 0 Å². The van der Waals surface area contributed by atoms with Crippen LogP contribution in [0.15, 0.2) is 65.1 Å². The second-order valence-electron chi connectivity index (χ2n) is 5.50. The number of hydrogen-bond acceptors (Lipinski definition) is 2. The highest BCUT2D eigenvalue weighted by Gasteiger charge is 2.17. The van der Waals surface area contributed by atoms with Crippen LogP contribution in [0.25, 0.3) is 33.4 Å². The van der Waals surface area contributed by atoms with Crippen LogP contribution < -0.4 is 16.5 Å². The molecule has 4 rings (SSSR count). The lowest BCUT2D eigenvalue weighted by Crippen LogP contribution is -2.44. The zero-order valence-corrected chi connectivity index (χ0v) is 13.0. The van der Waals surface area contributed by atoms with Crippen LogP contribution in [0, 0.1) is 0 Å². The largest absolute Gasteiger partial charge is 0.456 e. The van der Waals surface area contributed by atoms with E-state index in [0.29, 0.717) is 16.1 Å². The van der Waals surface area contributed by atoms with Crippen LogP contribution in [0.1, 0.15) is 0 Å². The maximum absolute atomic E-state index is 6.18. The minimum Gasteiger partial charge on any atom is -0.456 e. The van der Waals surface area contributed by atoms with E-state index in [2.05, 4.69) is 0 Å². The number of halogens is 1. The van der Waals surface area contributed by atoms with E-state index in [0.717, 1.165) is 33.4 Å². The van der Waals surface area contributed by atoms with Crippen molar-refractivity contribution in [2.24, 2.45) is 0 Å². The number of anilines is 1. The fourth-order valence-electron chi connectivity index (χ4n) is 2.88. The Morgan fingerprint density at radius 1 is 0.957 bits per heavy atom. The molecule has 0 saturated carbocycles. The van der Waals surface area contributed by atoms with Crippen molar-refractivity contribution in [3.05, 3.63) is 71.0 Å². The lowest BCUT2D eigenvalue weighted by Gasteiger charge is -2.15. The molecule has 1 aliphatic carbocycles. The van der Waals surface area contributed by atoms with E-state index in [4.69, 9.17) is 27.2 Å². The van der Waals surface area contributed by atoms with Gasteiger partial charge in [-0.2, -0.15) is 0 Å². The van der Waals surface area contributed by atoms with Gasteiger partial charge in [0.25, 0.3) is 0 Å². The van der Waals surface area contributed by atoms with Crippen LogP contribution in [0.3, 0.4) is 0 Å². The average Bonchev–Trinajstić information content (AvgIpc) is 2.52. The molecule has 0 radical (unpaired) electrons. The van der Waals surface area contributed by atoms with Crippen molar-refractivity contribution in [3.8, 4) is 22.5 Å². The summed E-state index contributed by atoms with van der Waals surface area (Å²) in [4.78, 5) is 0. The van der Waals surface area contributed by atoms with Crippen LogP contribution in [0.4, 0.5) is 5.69 Å². The molecule has 0 unspecified atom stereocenters. The molecule has 2 aromatic carbocycles. The molecular weight excluding hydrogens is 308 g/mol. The van der Waals surface area contributed by atoms with Crippen LogP contribution in [-0.2, 0) is 0 Å². The first-order chi connectivity index (χ1) is 11.1. The molecule has 23 heavy (non-hydrogen) atoms. The van der Waals surface area contributed by atoms with Crippen molar-refractivity contribution in [3.63, 3.8) is 0 Å². The molecule has 4 heteroatoms. The summed E-state index contributed by atoms with van der Waals surface area (Å²) in [6.45, 7) is 0. The molecule has 0 aromatic heterocycles. The monoisotopic (exact) mass is 321 g/mol. The quantitative estimate of drug-likeness (QED) is 0.418. The van der Waals surface area contributed by atoms with Gasteiger partial charge >= 0.3 is 0 Å². The minimum absolute atomic E-state index is 0.654. The van der Waals surface area contributed by atoms with E-state index in [9.17, 15) is 0 Å². The Kier molecular flexibility index (Phi) is 3.10. The van der Waals surface area contributed by atoms with E-state index < -0.39 is 0 Å². The predicted octanol–water partition coefficient (Wildman–Crippen LogP) is 3.10. The number of hydrogen-bond donors (Lipinski definition) is 2. The van der Waals surface area contributed by atoms with E-state index in [1.807, 2.05) is 60.7 Å². The third-order valence-electron chi connectivity index (χ3n) is 3.88. The lowest BCUT2D eigenvalue weighted by atomic mass is 9.93. The molecular formula is C19H14ClN2O+. The van der Waals surface area contributed by atoms with Gasteiger partial charge in [0.2, 0.25) is 0 Å². The number of rotatable bonds is 1. The Bertz CT molecular complexity index is 1070. The highest BCUT2D eigenvalue weighted by molar-refractivity contribution is 6.31. The highest BCUT2D eigenvalue weighted by atomic mass is 35.5. The zero-order valence-electron chi connectivity index (χ0n) is 12.2. The molecule has 4 N–H and O–H groups in total. The first-order valence-corrected chi connectivity index (χ1v) is 7.60. The van der Waals surface area contributed by atoms with Crippen molar-refractivity contribution >= 4 is 28.3 Å². The number of nitrogens with two attached hydrogens (primary N) is 2. The van der Waals surface area contributed by atoms with Gasteiger partial charge in [-0.15, -0.1) is 0 Å². The van der Waals surface area contributed by atoms with Gasteiger partial charge in [0.05, 0.1) is 6.07 Å². The van der Waals surface area contributed by atoms with E-state index in [-0.39, 0.29) is 0 Å². The molecule has 112 valence electrons. The molecule has 3 nitrogen and oxygen atoms in total. The Morgan fingerprint density at radius 3 is 2.65 bits per heavy atom. The van der Waals surface area contributed by atoms with Gasteiger partial charge in [0.15, 0.2) is 5.36 Å². The van der Waals surface area contributed by atoms with Crippen molar-refractivity contribution < 1.29 is 9.83 Å². The molecule has 0 saturated heterocycles. The molecule has 0 fully saturated rings. The van der Waals surface area contributed by atoms with Crippen molar-refractivity contribution in [1.29, 1.82) is 0 Å². The number of nitrogen functional groups attached to an aromatic ring is 1. The first kappa shape index (κ1) is 13.9. The molecule has 1 heterocycles. The number of benzene rings is 3. The maximum Gasteiger partial charge on any atom is 0.200 e. The van der Waals surface area contributed by atoms with Crippen molar-refractivity contribution in [2.75, 3.05) is 5.73 Å². The second kappa shape index (κ2) is 5.14. The summed E-state index contributed by atoms with van der Waals surface area (Å²) in [6.07, 6.45) is 0. The average molecular weight is 322 g/mol. The predicted molar refractivity (Wildman–Crippen MR) is 92.8 cm³/mol. The third-order valence-corrected chi connectivity index (χ3v) is 4.12. The smallest absolute Gasteiger partial charge is 0.200 e. The minimum atomic E-state index is 0.654. The fourth-order valence-corrected chi connectivity index (χ4v) is 3.07. The van der Waals surface area contributed by atoms with Crippen molar-refractivity contribution in [2.45, 2.75) is 0 Å². The summed E-state index contributed by atoms with van der Waals surface area (Å²) in [5.41, 5.74) is 10.3. The van der Waals surface area contributed by atoms with Crippen LogP contribution in [0.2, 0.25) is 5.02 Å². The zero-order chi connectivity index (χ0) is 16.0. The van der Waals surface area contributed by atoms with Crippen LogP contribution in [-0.4, -0.2) is 0 Å². The maximum atomic E-state index is 6.18. The fraction of sp³-hybridized carbons (Fsp3) is 0. The Labute approximate surface area is 137 Å². The van der Waals surface area contributed by atoms with E-state index in [1.54, 1.807) is 0 Å². The van der Waals surface area contributed by atoms with Gasteiger partial charge in [0.1, 0.15) is 11.3 Å². The topological polar surface area (TPSA) is 64.8 Å². The summed E-state index contributed by atoms with van der Waals surface area (Å²) in [5.74, 6) is 0.720. The van der Waals surface area contributed by atoms with Gasteiger partial charge in [0, 0.05) is 39.4 Å². The number of fused-ring (bicyclic) bond motifs is 2. The summed E-state index contributed by atoms with van der Waals surface area (Å²) >= 11 is 6.18. The molecule has 1 aliphatic heterocycles. The summed E-state index contributed by atoms with van der Waals surface area (Å²) in [7, 11) is 0. The van der Waals surface area contributed by atoms with Gasteiger partial charge in [-0.1, -0.05) is 23.7 Å². The summed E-state index contributed by atoms with van der Waals surface area (Å²) in [6, 6.07) is 19.1. The SMILES string of the molecule is Nc1ccc2c(-c3cccc(Cl)c3)c3ccc(=[NH2+])cc-3oc2c1. The Morgan fingerprint density at radius 2 is 1.83 bits per heavy atom. The molecule has 0 atom stereocenters. The van der Waals surface area contributed by atoms with E-state index in [1.165, 1.54) is 0 Å². The Hall–Kier alpha value is -2.78. The molecule has 0 amide bonds. The van der Waals surface area contributed by atoms with Gasteiger partial charge in [-0.05, 0) is 35.9 Å². The van der Waals surface area contributed by atoms with Crippen LogP contribution >= 0.6 is 11.6 Å². The van der Waals surface area contributed by atoms with Gasteiger partial charge < -0.3 is 10.2 Å². The first-order valence-electron chi connectivity index (χ1n) is 7.22. The van der Waals surface area contributed by atoms with Gasteiger partial charge in [-0.25, -0.2) is 0 Å². The second-order valence-corrected chi connectivity index (χ2v) is 5.94. The Balaban J connectivity index is 2.20. The standard InChI is InChI=1S/C19H13ClN2O/c20-12-3-1-2-11(8-12)19-15-6-4-13(21)9-17(15)23-18-10-14(22)5-7-16(18)19/h1-10,21H,22H2/p+1. The molecule has 2 aliphatic rings. The molecule has 0 spiro atoms. The van der Waals surface area contributed by atoms with Crippen molar-refractivity contribution in [1.82, 2.24) is 0 Å². The highest BCUT2D eigenvalue weighted by Crippen LogP contribution is 2.40. The lowest BCUT2D eigenvalue weighted by molar-refractivity contribution is -0.172. The molecule has 2 aromatic rings. The summed E-state index contributed by atoms with van der Waals surface area (Å²) in [5, 5.41) is 8.23. The summed E-state index contributed by atoms with van der Waals surface area (Å²) < 4.78 is 6.01. The van der Waals surface area contributed by atoms with Gasteiger partial charge in [-0.3, -0.25) is 5.41 Å². The molecule has 0 bridgehead atoms. The third kappa shape index (κ3) is 2.35. The normalized spacial score (nSPS) is 11.2.